The van der Waals surface area contributed by atoms with E-state index in [9.17, 15) is 9.90 Å². The molecule has 0 aromatic heterocycles. The van der Waals surface area contributed by atoms with Gasteiger partial charge in [-0.05, 0) is 19.8 Å². The highest BCUT2D eigenvalue weighted by atomic mass is 16.3. The molecule has 2 aliphatic heterocycles. The third-order valence-corrected chi connectivity index (χ3v) is 3.15. The van der Waals surface area contributed by atoms with Crippen LogP contribution in [0.25, 0.3) is 0 Å². The summed E-state index contributed by atoms with van der Waals surface area (Å²) in [7, 11) is 0. The number of β-amino-alcohol motifs (C(OH)–C–C–N with tert-alkyl or cyclic N) is 1. The lowest BCUT2D eigenvalue weighted by Crippen LogP contribution is -2.45. The fourth-order valence-corrected chi connectivity index (χ4v) is 2.10. The fourth-order valence-electron chi connectivity index (χ4n) is 2.10. The molecule has 4 heteroatoms. The number of rotatable bonds is 1. The van der Waals surface area contributed by atoms with Crippen LogP contribution in [0.5, 0.6) is 0 Å². The van der Waals surface area contributed by atoms with Crippen LogP contribution in [0.4, 0.5) is 0 Å². The number of hydrogen-bond acceptors (Lipinski definition) is 3. The van der Waals surface area contributed by atoms with Crippen molar-refractivity contribution in [3.8, 4) is 0 Å². The van der Waals surface area contributed by atoms with Gasteiger partial charge in [0.2, 0.25) is 5.91 Å². The zero-order chi connectivity index (χ0) is 10.8. The van der Waals surface area contributed by atoms with E-state index in [1.807, 2.05) is 4.90 Å². The van der Waals surface area contributed by atoms with Gasteiger partial charge in [-0.3, -0.25) is 4.79 Å². The minimum Gasteiger partial charge on any atom is -0.392 e. The average molecular weight is 210 g/mol. The van der Waals surface area contributed by atoms with Crippen molar-refractivity contribution >= 4 is 5.91 Å². The summed E-state index contributed by atoms with van der Waals surface area (Å²) in [6.45, 7) is 4.17. The van der Waals surface area contributed by atoms with Crippen LogP contribution in [-0.2, 0) is 4.79 Å². The zero-order valence-corrected chi connectivity index (χ0v) is 9.07. The summed E-state index contributed by atoms with van der Waals surface area (Å²) in [4.78, 5) is 13.8. The molecule has 0 bridgehead atoms. The van der Waals surface area contributed by atoms with E-state index in [2.05, 4.69) is 18.3 Å². The summed E-state index contributed by atoms with van der Waals surface area (Å²) in [6, 6.07) is -0.174. The monoisotopic (exact) mass is 210 g/mol. The van der Waals surface area contributed by atoms with Gasteiger partial charge in [-0.15, -0.1) is 0 Å². The molecule has 1 fully saturated rings. The number of hydrogen-bond donors (Lipinski definition) is 2. The minimum atomic E-state index is -0.360. The molecule has 1 saturated heterocycles. The largest absolute Gasteiger partial charge is 0.392 e. The topological polar surface area (TPSA) is 52.6 Å². The number of nitrogens with zero attached hydrogens (tertiary/aromatic N) is 1. The molecule has 2 rings (SSSR count). The Morgan fingerprint density at radius 2 is 2.47 bits per heavy atom. The van der Waals surface area contributed by atoms with Crippen molar-refractivity contribution in [2.24, 2.45) is 0 Å². The van der Waals surface area contributed by atoms with Crippen LogP contribution in [0.15, 0.2) is 11.6 Å². The first-order valence-corrected chi connectivity index (χ1v) is 5.52. The lowest BCUT2D eigenvalue weighted by molar-refractivity contribution is -0.132. The van der Waals surface area contributed by atoms with Gasteiger partial charge in [0.1, 0.15) is 0 Å². The Morgan fingerprint density at radius 1 is 1.67 bits per heavy atom. The average Bonchev–Trinajstić information content (AvgIpc) is 2.65. The number of aliphatic hydroxyl groups excluding tert-OH is 1. The van der Waals surface area contributed by atoms with Crippen molar-refractivity contribution in [1.82, 2.24) is 10.2 Å². The molecule has 2 N–H and O–H groups in total. The van der Waals surface area contributed by atoms with Gasteiger partial charge in [-0.2, -0.15) is 0 Å². The minimum absolute atomic E-state index is 0.135. The SMILES string of the molecule is CC1=CCN(C(=O)C2CC(O)CN2)CC1. The van der Waals surface area contributed by atoms with Crippen molar-refractivity contribution in [2.45, 2.75) is 31.9 Å². The maximum absolute atomic E-state index is 12.0. The van der Waals surface area contributed by atoms with E-state index < -0.39 is 0 Å². The molecule has 4 nitrogen and oxygen atoms in total. The molecule has 84 valence electrons. The molecule has 0 spiro atoms. The van der Waals surface area contributed by atoms with E-state index in [-0.39, 0.29) is 18.1 Å². The van der Waals surface area contributed by atoms with E-state index in [4.69, 9.17) is 0 Å². The molecular formula is C11H18N2O2. The summed E-state index contributed by atoms with van der Waals surface area (Å²) >= 11 is 0. The van der Waals surface area contributed by atoms with Gasteiger partial charge in [-0.25, -0.2) is 0 Å². The van der Waals surface area contributed by atoms with Gasteiger partial charge in [0.25, 0.3) is 0 Å². The lowest BCUT2D eigenvalue weighted by Gasteiger charge is -2.28. The molecule has 1 amide bonds. The summed E-state index contributed by atoms with van der Waals surface area (Å²) in [5.41, 5.74) is 1.36. The maximum Gasteiger partial charge on any atom is 0.240 e. The quantitative estimate of drug-likeness (QED) is 0.594. The van der Waals surface area contributed by atoms with Crippen LogP contribution in [0.2, 0.25) is 0 Å². The van der Waals surface area contributed by atoms with Crippen molar-refractivity contribution in [1.29, 1.82) is 0 Å². The summed E-state index contributed by atoms with van der Waals surface area (Å²) in [5.74, 6) is 0.135. The predicted octanol–water partition coefficient (Wildman–Crippen LogP) is -0.112. The van der Waals surface area contributed by atoms with Crippen molar-refractivity contribution in [2.75, 3.05) is 19.6 Å². The predicted molar refractivity (Wildman–Crippen MR) is 57.4 cm³/mol. The van der Waals surface area contributed by atoms with Gasteiger partial charge in [0.05, 0.1) is 12.1 Å². The Bertz CT molecular complexity index is 288. The number of nitrogens with one attached hydrogen (secondary N) is 1. The second kappa shape index (κ2) is 4.33. The first-order valence-electron chi connectivity index (χ1n) is 5.52. The molecule has 0 aliphatic carbocycles. The van der Waals surface area contributed by atoms with Crippen LogP contribution in [0.3, 0.4) is 0 Å². The third kappa shape index (κ3) is 2.38. The molecule has 2 aliphatic rings. The lowest BCUT2D eigenvalue weighted by atomic mass is 10.1. The number of carbonyl (C=O) groups excluding carboxylic acids is 1. The van der Waals surface area contributed by atoms with Gasteiger partial charge >= 0.3 is 0 Å². The Hall–Kier alpha value is -0.870. The summed E-state index contributed by atoms with van der Waals surface area (Å²) < 4.78 is 0. The standard InChI is InChI=1S/C11H18N2O2/c1-8-2-4-13(5-3-8)11(15)10-6-9(14)7-12-10/h2,9-10,12,14H,3-7H2,1H3. The van der Waals surface area contributed by atoms with E-state index in [1.165, 1.54) is 5.57 Å². The third-order valence-electron chi connectivity index (χ3n) is 3.15. The van der Waals surface area contributed by atoms with Crippen LogP contribution in [-0.4, -0.2) is 47.7 Å². The van der Waals surface area contributed by atoms with Crippen molar-refractivity contribution in [3.05, 3.63) is 11.6 Å². The molecule has 2 heterocycles. The highest BCUT2D eigenvalue weighted by Gasteiger charge is 2.31. The molecule has 2 atom stereocenters. The Labute approximate surface area is 90.0 Å². The molecule has 0 radical (unpaired) electrons. The van der Waals surface area contributed by atoms with Crippen LogP contribution < -0.4 is 5.32 Å². The zero-order valence-electron chi connectivity index (χ0n) is 9.07. The molecule has 15 heavy (non-hydrogen) atoms. The maximum atomic E-state index is 12.0. The van der Waals surface area contributed by atoms with E-state index in [0.717, 1.165) is 19.5 Å². The van der Waals surface area contributed by atoms with Crippen molar-refractivity contribution in [3.63, 3.8) is 0 Å². The van der Waals surface area contributed by atoms with Crippen molar-refractivity contribution < 1.29 is 9.90 Å². The first kappa shape index (κ1) is 10.6. The van der Waals surface area contributed by atoms with E-state index in [0.29, 0.717) is 13.0 Å². The Morgan fingerprint density at radius 3 is 3.00 bits per heavy atom. The van der Waals surface area contributed by atoms with Gasteiger partial charge in [0.15, 0.2) is 0 Å². The van der Waals surface area contributed by atoms with Crippen LogP contribution in [0.1, 0.15) is 19.8 Å². The van der Waals surface area contributed by atoms with Crippen LogP contribution >= 0.6 is 0 Å². The molecular weight excluding hydrogens is 192 g/mol. The highest BCUT2D eigenvalue weighted by Crippen LogP contribution is 2.14. The van der Waals surface area contributed by atoms with Gasteiger partial charge < -0.3 is 15.3 Å². The molecule has 0 aromatic rings. The Balaban J connectivity index is 1.91. The second-order valence-electron chi connectivity index (χ2n) is 4.44. The number of amides is 1. The number of carbonyl (C=O) groups is 1. The Kier molecular flexibility index (Phi) is 3.07. The smallest absolute Gasteiger partial charge is 0.240 e. The summed E-state index contributed by atoms with van der Waals surface area (Å²) in [6.07, 6.45) is 3.27. The van der Waals surface area contributed by atoms with Crippen LogP contribution in [0, 0.1) is 0 Å². The second-order valence-corrected chi connectivity index (χ2v) is 4.44. The first-order chi connectivity index (χ1) is 7.16. The number of aliphatic hydroxyl groups is 1. The summed E-state index contributed by atoms with van der Waals surface area (Å²) in [5, 5.41) is 12.4. The van der Waals surface area contributed by atoms with E-state index >= 15 is 0 Å². The molecule has 2 unspecified atom stereocenters. The highest BCUT2D eigenvalue weighted by molar-refractivity contribution is 5.82. The van der Waals surface area contributed by atoms with Gasteiger partial charge in [-0.1, -0.05) is 11.6 Å². The molecule has 0 saturated carbocycles. The van der Waals surface area contributed by atoms with Gasteiger partial charge in [0, 0.05) is 19.6 Å². The fraction of sp³-hybridized carbons (Fsp3) is 0.727. The molecule has 0 aromatic carbocycles. The van der Waals surface area contributed by atoms with E-state index in [1.54, 1.807) is 0 Å². The normalized spacial score (nSPS) is 31.6.